The molecule has 1 fully saturated rings. The molecule has 0 atom stereocenters. The van der Waals surface area contributed by atoms with Gasteiger partial charge < -0.3 is 5.32 Å². The van der Waals surface area contributed by atoms with Gasteiger partial charge in [0.15, 0.2) is 0 Å². The van der Waals surface area contributed by atoms with Crippen LogP contribution >= 0.6 is 0 Å². The first-order valence-corrected chi connectivity index (χ1v) is 7.11. The van der Waals surface area contributed by atoms with Crippen LogP contribution in [0.25, 0.3) is 10.9 Å². The van der Waals surface area contributed by atoms with Crippen LogP contribution in [-0.4, -0.2) is 16.2 Å². The van der Waals surface area contributed by atoms with Gasteiger partial charge >= 0.3 is 0 Å². The minimum Gasteiger partial charge on any atom is -0.382 e. The summed E-state index contributed by atoms with van der Waals surface area (Å²) in [4.78, 5) is 0. The Hall–Kier alpha value is -1.51. The molecule has 3 nitrogen and oxygen atoms in total. The first kappa shape index (κ1) is 11.6. The van der Waals surface area contributed by atoms with E-state index in [1.807, 2.05) is 6.20 Å². The van der Waals surface area contributed by atoms with Crippen molar-refractivity contribution in [1.29, 1.82) is 0 Å². The zero-order chi connectivity index (χ0) is 12.2. The fourth-order valence-corrected chi connectivity index (χ4v) is 2.87. The van der Waals surface area contributed by atoms with E-state index in [9.17, 15) is 0 Å². The lowest BCUT2D eigenvalue weighted by Crippen LogP contribution is -2.20. The number of nitrogens with one attached hydrogen (secondary N) is 2. The van der Waals surface area contributed by atoms with E-state index in [0.29, 0.717) is 6.04 Å². The average molecular weight is 243 g/mol. The Morgan fingerprint density at radius 2 is 1.83 bits per heavy atom. The van der Waals surface area contributed by atoms with Gasteiger partial charge in [-0.1, -0.05) is 32.1 Å². The molecule has 1 aliphatic rings. The summed E-state index contributed by atoms with van der Waals surface area (Å²) in [6.45, 7) is 0. The molecule has 0 amide bonds. The Kier molecular flexibility index (Phi) is 3.49. The molecule has 1 aliphatic carbocycles. The molecule has 0 bridgehead atoms. The van der Waals surface area contributed by atoms with Gasteiger partial charge in [0.1, 0.15) is 0 Å². The number of fused-ring (bicyclic) bond motifs is 1. The first-order valence-electron chi connectivity index (χ1n) is 7.11. The largest absolute Gasteiger partial charge is 0.382 e. The molecule has 18 heavy (non-hydrogen) atoms. The molecule has 1 heterocycles. The van der Waals surface area contributed by atoms with Crippen molar-refractivity contribution in [2.75, 3.05) is 5.32 Å². The van der Waals surface area contributed by atoms with E-state index in [-0.39, 0.29) is 0 Å². The molecule has 1 saturated carbocycles. The predicted molar refractivity (Wildman–Crippen MR) is 75.8 cm³/mol. The van der Waals surface area contributed by atoms with Gasteiger partial charge in [-0.25, -0.2) is 0 Å². The Morgan fingerprint density at radius 3 is 2.67 bits per heavy atom. The molecule has 0 unspecified atom stereocenters. The second-order valence-electron chi connectivity index (χ2n) is 5.36. The van der Waals surface area contributed by atoms with E-state index in [1.54, 1.807) is 0 Å². The quantitative estimate of drug-likeness (QED) is 0.834. The van der Waals surface area contributed by atoms with Crippen molar-refractivity contribution in [2.24, 2.45) is 0 Å². The van der Waals surface area contributed by atoms with Gasteiger partial charge in [0.05, 0.1) is 11.7 Å². The van der Waals surface area contributed by atoms with Gasteiger partial charge in [-0.05, 0) is 31.0 Å². The molecule has 96 valence electrons. The van der Waals surface area contributed by atoms with Gasteiger partial charge in [0.25, 0.3) is 0 Å². The number of aromatic nitrogens is 2. The van der Waals surface area contributed by atoms with E-state index in [1.165, 1.54) is 56.0 Å². The molecule has 0 aliphatic heterocycles. The molecule has 2 N–H and O–H groups in total. The summed E-state index contributed by atoms with van der Waals surface area (Å²) in [5.41, 5.74) is 2.34. The topological polar surface area (TPSA) is 40.7 Å². The highest BCUT2D eigenvalue weighted by atomic mass is 15.1. The molecular weight excluding hydrogens is 222 g/mol. The number of benzene rings is 1. The maximum absolute atomic E-state index is 4.06. The second-order valence-corrected chi connectivity index (χ2v) is 5.36. The van der Waals surface area contributed by atoms with E-state index in [2.05, 4.69) is 33.7 Å². The predicted octanol–water partition coefficient (Wildman–Crippen LogP) is 4.09. The monoisotopic (exact) mass is 243 g/mol. The molecule has 0 spiro atoms. The maximum Gasteiger partial charge on any atom is 0.0651 e. The van der Waals surface area contributed by atoms with Crippen molar-refractivity contribution >= 4 is 16.6 Å². The number of hydrogen-bond donors (Lipinski definition) is 2. The number of hydrogen-bond acceptors (Lipinski definition) is 2. The third kappa shape index (κ3) is 2.66. The van der Waals surface area contributed by atoms with Crippen molar-refractivity contribution in [3.8, 4) is 0 Å². The van der Waals surface area contributed by atoms with Crippen molar-refractivity contribution in [3.63, 3.8) is 0 Å². The van der Waals surface area contributed by atoms with Gasteiger partial charge in [-0.15, -0.1) is 0 Å². The van der Waals surface area contributed by atoms with Gasteiger partial charge in [0.2, 0.25) is 0 Å². The fourth-order valence-electron chi connectivity index (χ4n) is 2.87. The number of nitrogens with zero attached hydrogens (tertiary/aromatic N) is 1. The third-order valence-corrected chi connectivity index (χ3v) is 3.92. The number of rotatable bonds is 2. The van der Waals surface area contributed by atoms with Crippen LogP contribution in [0.5, 0.6) is 0 Å². The van der Waals surface area contributed by atoms with Crippen molar-refractivity contribution in [1.82, 2.24) is 10.2 Å². The van der Waals surface area contributed by atoms with Crippen LogP contribution in [0.1, 0.15) is 44.9 Å². The lowest BCUT2D eigenvalue weighted by molar-refractivity contribution is 0.471. The number of H-pyrrole nitrogens is 1. The number of aromatic amines is 1. The van der Waals surface area contributed by atoms with E-state index < -0.39 is 0 Å². The molecule has 0 radical (unpaired) electrons. The van der Waals surface area contributed by atoms with Crippen LogP contribution in [0.15, 0.2) is 24.4 Å². The minimum absolute atomic E-state index is 0.648. The average Bonchev–Trinajstić information content (AvgIpc) is 2.79. The smallest absolute Gasteiger partial charge is 0.0651 e. The van der Waals surface area contributed by atoms with Crippen LogP contribution in [0.2, 0.25) is 0 Å². The van der Waals surface area contributed by atoms with Crippen molar-refractivity contribution < 1.29 is 0 Å². The molecule has 3 heteroatoms. The van der Waals surface area contributed by atoms with E-state index >= 15 is 0 Å². The summed E-state index contributed by atoms with van der Waals surface area (Å²) in [7, 11) is 0. The normalized spacial score (nSPS) is 18.4. The Morgan fingerprint density at radius 1 is 1.06 bits per heavy atom. The van der Waals surface area contributed by atoms with Gasteiger partial charge in [-0.3, -0.25) is 5.10 Å². The SMILES string of the molecule is c1cc2[nH]ncc2cc1NC1CCCCCCC1. The highest BCUT2D eigenvalue weighted by Gasteiger charge is 2.11. The molecule has 0 saturated heterocycles. The zero-order valence-electron chi connectivity index (χ0n) is 10.8. The van der Waals surface area contributed by atoms with Gasteiger partial charge in [0, 0.05) is 17.1 Å². The van der Waals surface area contributed by atoms with Gasteiger partial charge in [-0.2, -0.15) is 5.10 Å². The summed E-state index contributed by atoms with van der Waals surface area (Å²) in [6, 6.07) is 7.10. The summed E-state index contributed by atoms with van der Waals surface area (Å²) < 4.78 is 0. The summed E-state index contributed by atoms with van der Waals surface area (Å²) in [6.07, 6.45) is 11.5. The first-order chi connectivity index (χ1) is 8.92. The molecule has 1 aromatic carbocycles. The summed E-state index contributed by atoms with van der Waals surface area (Å²) in [5, 5.41) is 11.9. The van der Waals surface area contributed by atoms with E-state index in [0.717, 1.165) is 5.52 Å². The van der Waals surface area contributed by atoms with Crippen LogP contribution < -0.4 is 5.32 Å². The van der Waals surface area contributed by atoms with E-state index in [4.69, 9.17) is 0 Å². The van der Waals surface area contributed by atoms with Crippen LogP contribution in [0, 0.1) is 0 Å². The molecule has 3 rings (SSSR count). The molecule has 1 aromatic heterocycles. The Bertz CT molecular complexity index is 495. The fraction of sp³-hybridized carbons (Fsp3) is 0.533. The second kappa shape index (κ2) is 5.42. The molecule has 2 aromatic rings. The summed E-state index contributed by atoms with van der Waals surface area (Å²) >= 11 is 0. The highest BCUT2D eigenvalue weighted by Crippen LogP contribution is 2.22. The van der Waals surface area contributed by atoms with Crippen LogP contribution in [0.3, 0.4) is 0 Å². The lowest BCUT2D eigenvalue weighted by Gasteiger charge is -2.22. The zero-order valence-corrected chi connectivity index (χ0v) is 10.8. The van der Waals surface area contributed by atoms with Crippen LogP contribution in [0.4, 0.5) is 5.69 Å². The lowest BCUT2D eigenvalue weighted by atomic mass is 9.96. The third-order valence-electron chi connectivity index (χ3n) is 3.92. The van der Waals surface area contributed by atoms with Crippen molar-refractivity contribution in [3.05, 3.63) is 24.4 Å². The minimum atomic E-state index is 0.648. The number of anilines is 1. The Balaban J connectivity index is 1.69. The standard InChI is InChI=1S/C15H21N3/c1-2-4-6-13(7-5-3-1)17-14-8-9-15-12(10-14)11-16-18-15/h8-11,13,17H,1-7H2,(H,16,18). The highest BCUT2D eigenvalue weighted by molar-refractivity contribution is 5.81. The van der Waals surface area contributed by atoms with Crippen molar-refractivity contribution in [2.45, 2.75) is 51.0 Å². The summed E-state index contributed by atoms with van der Waals surface area (Å²) in [5.74, 6) is 0. The Labute approximate surface area is 108 Å². The molecular formula is C15H21N3. The maximum atomic E-state index is 4.06. The van der Waals surface area contributed by atoms with Crippen LogP contribution in [-0.2, 0) is 0 Å².